The van der Waals surface area contributed by atoms with Gasteiger partial charge in [-0.15, -0.1) is 0 Å². The van der Waals surface area contributed by atoms with Crippen LogP contribution in [0.5, 0.6) is 0 Å². The molecule has 0 aromatic heterocycles. The fraction of sp³-hybridized carbons (Fsp3) is 0.941. The van der Waals surface area contributed by atoms with Crippen LogP contribution < -0.4 is 17.0 Å². The predicted molar refractivity (Wildman–Crippen MR) is 86.0 cm³/mol. The molecule has 2 heteroatoms. The Balaban J connectivity index is -0.00000128. The molecular formula is C17H35BrMg. The maximum Gasteiger partial charge on any atom is 2.00 e. The quantitative estimate of drug-likeness (QED) is 0.258. The largest absolute Gasteiger partial charge is 2.00 e. The molecule has 112 valence electrons. The van der Waals surface area contributed by atoms with Crippen LogP contribution in [-0.2, 0) is 0 Å². The molecule has 0 saturated carbocycles. The van der Waals surface area contributed by atoms with Crippen molar-refractivity contribution in [1.29, 1.82) is 0 Å². The fourth-order valence-electron chi connectivity index (χ4n) is 2.37. The standard InChI is InChI=1S/C17H35.BrH.Mg/c1-3-5-7-9-11-13-15-17-16-14-12-10-8-6-4-2;;/h1,3-17H2,2H3;1H;/q-1;;+2/p-1. The van der Waals surface area contributed by atoms with E-state index in [2.05, 4.69) is 13.8 Å². The number of rotatable bonds is 14. The second-order valence-corrected chi connectivity index (χ2v) is 5.45. The zero-order valence-corrected chi connectivity index (χ0v) is 16.4. The van der Waals surface area contributed by atoms with Crippen LogP contribution in [0.25, 0.3) is 0 Å². The third-order valence-corrected chi connectivity index (χ3v) is 3.60. The molecule has 0 aromatic carbocycles. The van der Waals surface area contributed by atoms with E-state index in [1.54, 1.807) is 0 Å². The van der Waals surface area contributed by atoms with Gasteiger partial charge in [0.05, 0.1) is 0 Å². The summed E-state index contributed by atoms with van der Waals surface area (Å²) in [6.07, 6.45) is 21.3. The van der Waals surface area contributed by atoms with Crippen molar-refractivity contribution in [2.75, 3.05) is 0 Å². The van der Waals surface area contributed by atoms with E-state index < -0.39 is 0 Å². The average molecular weight is 344 g/mol. The summed E-state index contributed by atoms with van der Waals surface area (Å²) in [5.74, 6) is 0. The zero-order valence-electron chi connectivity index (χ0n) is 13.4. The van der Waals surface area contributed by atoms with Crippen LogP contribution in [0.2, 0.25) is 0 Å². The Labute approximate surface area is 149 Å². The van der Waals surface area contributed by atoms with Crippen LogP contribution in [0.1, 0.15) is 103 Å². The summed E-state index contributed by atoms with van der Waals surface area (Å²) in [5, 5.41) is 0. The first-order chi connectivity index (χ1) is 8.41. The van der Waals surface area contributed by atoms with Crippen molar-refractivity contribution in [1.82, 2.24) is 0 Å². The minimum absolute atomic E-state index is 0. The molecule has 0 atom stereocenters. The molecule has 0 fully saturated rings. The van der Waals surface area contributed by atoms with E-state index >= 15 is 0 Å². The molecule has 0 rings (SSSR count). The Morgan fingerprint density at radius 1 is 0.526 bits per heavy atom. The third kappa shape index (κ3) is 24.6. The molecule has 0 aliphatic rings. The Morgan fingerprint density at radius 3 is 1.05 bits per heavy atom. The first kappa shape index (κ1) is 25.2. The first-order valence-corrected chi connectivity index (χ1v) is 8.21. The molecule has 0 heterocycles. The summed E-state index contributed by atoms with van der Waals surface area (Å²) in [4.78, 5) is 0. The van der Waals surface area contributed by atoms with Gasteiger partial charge in [0.15, 0.2) is 0 Å². The van der Waals surface area contributed by atoms with E-state index in [-0.39, 0.29) is 40.0 Å². The molecule has 0 amide bonds. The summed E-state index contributed by atoms with van der Waals surface area (Å²) in [5.41, 5.74) is 0. The van der Waals surface area contributed by atoms with Gasteiger partial charge in [-0.25, -0.2) is 0 Å². The second-order valence-electron chi connectivity index (χ2n) is 5.45. The number of halogens is 1. The molecule has 0 radical (unpaired) electrons. The van der Waals surface area contributed by atoms with Crippen molar-refractivity contribution >= 4 is 23.1 Å². The van der Waals surface area contributed by atoms with Gasteiger partial charge in [0, 0.05) is 0 Å². The van der Waals surface area contributed by atoms with Gasteiger partial charge >= 0.3 is 23.1 Å². The first-order valence-electron chi connectivity index (χ1n) is 8.21. The minimum Gasteiger partial charge on any atom is -1.00 e. The normalized spacial score (nSPS) is 9.79. The Hall–Kier alpha value is 1.25. The summed E-state index contributed by atoms with van der Waals surface area (Å²) >= 11 is 0. The van der Waals surface area contributed by atoms with Gasteiger partial charge in [-0.3, -0.25) is 0 Å². The van der Waals surface area contributed by atoms with Crippen LogP contribution >= 0.6 is 0 Å². The van der Waals surface area contributed by atoms with Gasteiger partial charge in [-0.1, -0.05) is 96.8 Å². The Kier molecular flexibility index (Phi) is 32.2. The molecule has 19 heavy (non-hydrogen) atoms. The van der Waals surface area contributed by atoms with Crippen molar-refractivity contribution in [3.05, 3.63) is 6.92 Å². The van der Waals surface area contributed by atoms with Gasteiger partial charge in [-0.2, -0.15) is 6.42 Å². The van der Waals surface area contributed by atoms with E-state index in [0.29, 0.717) is 0 Å². The van der Waals surface area contributed by atoms with E-state index in [4.69, 9.17) is 0 Å². The van der Waals surface area contributed by atoms with Crippen LogP contribution in [0, 0.1) is 6.92 Å². The fourth-order valence-corrected chi connectivity index (χ4v) is 2.37. The molecular weight excluding hydrogens is 308 g/mol. The zero-order chi connectivity index (χ0) is 12.6. The topological polar surface area (TPSA) is 0 Å². The van der Waals surface area contributed by atoms with Crippen molar-refractivity contribution in [2.24, 2.45) is 0 Å². The summed E-state index contributed by atoms with van der Waals surface area (Å²) in [6.45, 7) is 6.17. The molecule has 0 aliphatic carbocycles. The van der Waals surface area contributed by atoms with Crippen molar-refractivity contribution in [3.8, 4) is 0 Å². The average Bonchev–Trinajstić information content (AvgIpc) is 2.35. The van der Waals surface area contributed by atoms with E-state index in [0.717, 1.165) is 6.42 Å². The molecule has 0 N–H and O–H groups in total. The van der Waals surface area contributed by atoms with E-state index in [9.17, 15) is 0 Å². The predicted octanol–water partition coefficient (Wildman–Crippen LogP) is 3.32. The number of hydrogen-bond donors (Lipinski definition) is 0. The van der Waals surface area contributed by atoms with Gasteiger partial charge in [-0.05, 0) is 0 Å². The Bertz CT molecular complexity index is 114. The van der Waals surface area contributed by atoms with E-state index in [1.807, 2.05) is 0 Å². The van der Waals surface area contributed by atoms with Crippen LogP contribution in [0.15, 0.2) is 0 Å². The van der Waals surface area contributed by atoms with Crippen molar-refractivity contribution in [2.45, 2.75) is 103 Å². The smallest absolute Gasteiger partial charge is 1.00 e. The SMILES string of the molecule is [Br-].[CH2-]CCCCCCCCCCCCCCCC.[Mg+2]. The molecule has 0 nitrogen and oxygen atoms in total. The minimum atomic E-state index is 0. The molecule has 0 saturated heterocycles. The number of hydrogen-bond acceptors (Lipinski definition) is 0. The molecule has 0 bridgehead atoms. The maximum atomic E-state index is 3.88. The molecule has 0 aromatic rings. The maximum absolute atomic E-state index is 3.88. The van der Waals surface area contributed by atoms with Crippen molar-refractivity contribution in [3.63, 3.8) is 0 Å². The van der Waals surface area contributed by atoms with Gasteiger partial charge in [0.1, 0.15) is 0 Å². The summed E-state index contributed by atoms with van der Waals surface area (Å²) in [7, 11) is 0. The summed E-state index contributed by atoms with van der Waals surface area (Å²) < 4.78 is 0. The van der Waals surface area contributed by atoms with Crippen LogP contribution in [0.4, 0.5) is 0 Å². The monoisotopic (exact) mass is 342 g/mol. The summed E-state index contributed by atoms with van der Waals surface area (Å²) in [6, 6.07) is 0. The molecule has 0 unspecified atom stereocenters. The molecule has 0 aliphatic heterocycles. The van der Waals surface area contributed by atoms with E-state index in [1.165, 1.54) is 89.9 Å². The third-order valence-electron chi connectivity index (χ3n) is 3.60. The number of unbranched alkanes of at least 4 members (excludes halogenated alkanes) is 14. The molecule has 0 spiro atoms. The van der Waals surface area contributed by atoms with Crippen molar-refractivity contribution < 1.29 is 17.0 Å². The van der Waals surface area contributed by atoms with Gasteiger partial charge in [0.25, 0.3) is 0 Å². The Morgan fingerprint density at radius 2 is 0.789 bits per heavy atom. The van der Waals surface area contributed by atoms with Crippen LogP contribution in [-0.4, -0.2) is 23.1 Å². The van der Waals surface area contributed by atoms with Crippen LogP contribution in [0.3, 0.4) is 0 Å². The van der Waals surface area contributed by atoms with Gasteiger partial charge in [0.2, 0.25) is 0 Å². The second kappa shape index (κ2) is 24.3. The van der Waals surface area contributed by atoms with Gasteiger partial charge < -0.3 is 23.9 Å².